The van der Waals surface area contributed by atoms with Gasteiger partial charge in [0.25, 0.3) is 5.91 Å². The van der Waals surface area contributed by atoms with Gasteiger partial charge in [0.2, 0.25) is 5.95 Å². The van der Waals surface area contributed by atoms with Crippen molar-refractivity contribution in [2.45, 2.75) is 31.6 Å². The van der Waals surface area contributed by atoms with Gasteiger partial charge in [-0.05, 0) is 35.9 Å². The number of Topliss-reactive ketones (excluding diaryl/α,β-unsaturated/α-hetero) is 1. The van der Waals surface area contributed by atoms with Crippen molar-refractivity contribution in [3.63, 3.8) is 0 Å². The van der Waals surface area contributed by atoms with E-state index in [1.807, 2.05) is 0 Å². The number of carbonyl (C=O) groups excluding carboxylic acids is 2. The number of nitrogens with two attached hydrogens (primary N) is 1. The molecule has 12 heteroatoms. The first kappa shape index (κ1) is 25.0. The Hall–Kier alpha value is -4.09. The molecule has 3 aromatic rings. The average Bonchev–Trinajstić information content (AvgIpc) is 3.33. The number of aliphatic imine (C=N–C) groups is 1. The molecule has 0 radical (unpaired) electrons. The van der Waals surface area contributed by atoms with Gasteiger partial charge in [-0.2, -0.15) is 17.6 Å². The standard InChI is InChI=1S/C24H20F5N5O2/c1-3-19(35)18-10-14(11-34(18)12-23(27,28)29)24(21(36)33(2)22(30)32-24)13-6-7-17(25)16(9-13)15-5-4-8-31-20(15)26/h4-11H,3,12H2,1-2H3,(H2,30,32)/t24-/m0/s1. The fourth-order valence-electron chi connectivity index (χ4n) is 4.18. The molecule has 7 nitrogen and oxygen atoms in total. The van der Waals surface area contributed by atoms with Gasteiger partial charge in [-0.15, -0.1) is 0 Å². The first-order valence-corrected chi connectivity index (χ1v) is 10.7. The summed E-state index contributed by atoms with van der Waals surface area (Å²) in [5.74, 6) is -3.37. The lowest BCUT2D eigenvalue weighted by molar-refractivity contribution is -0.140. The maximum atomic E-state index is 14.8. The van der Waals surface area contributed by atoms with E-state index in [9.17, 15) is 31.5 Å². The highest BCUT2D eigenvalue weighted by molar-refractivity contribution is 6.09. The average molecular weight is 505 g/mol. The van der Waals surface area contributed by atoms with E-state index < -0.39 is 41.7 Å². The third-order valence-electron chi connectivity index (χ3n) is 5.94. The van der Waals surface area contributed by atoms with Crippen LogP contribution in [0, 0.1) is 11.8 Å². The summed E-state index contributed by atoms with van der Waals surface area (Å²) in [4.78, 5) is 34.8. The fourth-order valence-corrected chi connectivity index (χ4v) is 4.18. The van der Waals surface area contributed by atoms with E-state index in [1.165, 1.54) is 44.4 Å². The summed E-state index contributed by atoms with van der Waals surface area (Å²) in [7, 11) is 1.32. The van der Waals surface area contributed by atoms with Crippen molar-refractivity contribution in [2.24, 2.45) is 10.7 Å². The summed E-state index contributed by atoms with van der Waals surface area (Å²) in [5.41, 5.74) is 3.09. The van der Waals surface area contributed by atoms with Crippen molar-refractivity contribution in [3.05, 3.63) is 77.4 Å². The molecule has 1 amide bonds. The van der Waals surface area contributed by atoms with E-state index in [0.717, 1.165) is 23.2 Å². The largest absolute Gasteiger partial charge is 0.406 e. The van der Waals surface area contributed by atoms with Crippen LogP contribution < -0.4 is 5.73 Å². The number of guanidine groups is 1. The van der Waals surface area contributed by atoms with Crippen molar-refractivity contribution < 1.29 is 31.5 Å². The molecule has 0 saturated heterocycles. The molecule has 1 aliphatic rings. The van der Waals surface area contributed by atoms with Gasteiger partial charge in [-0.3, -0.25) is 14.5 Å². The molecule has 1 atom stereocenters. The van der Waals surface area contributed by atoms with Gasteiger partial charge in [-0.1, -0.05) is 13.0 Å². The summed E-state index contributed by atoms with van der Waals surface area (Å²) in [5, 5.41) is 0. The number of hydrogen-bond acceptors (Lipinski definition) is 5. The summed E-state index contributed by atoms with van der Waals surface area (Å²) in [6, 6.07) is 7.20. The Morgan fingerprint density at radius 1 is 1.11 bits per heavy atom. The Balaban J connectivity index is 1.99. The van der Waals surface area contributed by atoms with Crippen LogP contribution in [0.2, 0.25) is 0 Å². The second kappa shape index (κ2) is 8.85. The Morgan fingerprint density at radius 2 is 1.83 bits per heavy atom. The van der Waals surface area contributed by atoms with Crippen LogP contribution in [0.4, 0.5) is 22.0 Å². The molecule has 0 aliphatic carbocycles. The third kappa shape index (κ3) is 4.12. The molecule has 0 unspecified atom stereocenters. The molecule has 188 valence electrons. The fraction of sp³-hybridized carbons (Fsp3) is 0.250. The minimum atomic E-state index is -4.66. The number of amides is 1. The number of halogens is 5. The number of pyridine rings is 1. The van der Waals surface area contributed by atoms with E-state index in [-0.39, 0.29) is 40.3 Å². The summed E-state index contributed by atoms with van der Waals surface area (Å²) in [6.45, 7) is 0.00494. The second-order valence-corrected chi connectivity index (χ2v) is 8.21. The number of ketones is 1. The lowest BCUT2D eigenvalue weighted by atomic mass is 9.82. The quantitative estimate of drug-likeness (QED) is 0.311. The van der Waals surface area contributed by atoms with Crippen LogP contribution in [0.5, 0.6) is 0 Å². The molecule has 0 spiro atoms. The first-order chi connectivity index (χ1) is 16.9. The van der Waals surface area contributed by atoms with E-state index in [2.05, 4.69) is 9.98 Å². The van der Waals surface area contributed by atoms with Crippen molar-refractivity contribution in [3.8, 4) is 11.1 Å². The SMILES string of the molecule is CCC(=O)c1cc([C@]2(c3ccc(F)c(-c4cccnc4F)c3)N=C(N)N(C)C2=O)cn1CC(F)(F)F. The molecule has 1 aromatic carbocycles. The van der Waals surface area contributed by atoms with Crippen molar-refractivity contribution in [1.29, 1.82) is 0 Å². The number of carbonyl (C=O) groups is 2. The van der Waals surface area contributed by atoms with Gasteiger partial charge >= 0.3 is 6.18 Å². The molecule has 1 aliphatic heterocycles. The Bertz CT molecular complexity index is 1400. The lowest BCUT2D eigenvalue weighted by Crippen LogP contribution is -2.41. The third-order valence-corrected chi connectivity index (χ3v) is 5.94. The van der Waals surface area contributed by atoms with Gasteiger partial charge in [0.1, 0.15) is 12.4 Å². The highest BCUT2D eigenvalue weighted by Crippen LogP contribution is 2.42. The number of alkyl halides is 3. The highest BCUT2D eigenvalue weighted by Gasteiger charge is 2.51. The summed E-state index contributed by atoms with van der Waals surface area (Å²) < 4.78 is 69.7. The smallest absolute Gasteiger partial charge is 0.369 e. The second-order valence-electron chi connectivity index (χ2n) is 8.21. The number of hydrogen-bond donors (Lipinski definition) is 1. The predicted octanol–water partition coefficient (Wildman–Crippen LogP) is 4.01. The summed E-state index contributed by atoms with van der Waals surface area (Å²) >= 11 is 0. The van der Waals surface area contributed by atoms with Crippen LogP contribution >= 0.6 is 0 Å². The first-order valence-electron chi connectivity index (χ1n) is 10.7. The topological polar surface area (TPSA) is 93.6 Å². The van der Waals surface area contributed by atoms with Crippen LogP contribution in [0.25, 0.3) is 11.1 Å². The van der Waals surface area contributed by atoms with Crippen LogP contribution in [0.3, 0.4) is 0 Å². The Kier molecular flexibility index (Phi) is 6.15. The number of likely N-dealkylation sites (N-methyl/N-ethyl adjacent to an activating group) is 1. The van der Waals surface area contributed by atoms with E-state index in [0.29, 0.717) is 4.57 Å². The maximum Gasteiger partial charge on any atom is 0.406 e. The number of aromatic nitrogens is 2. The van der Waals surface area contributed by atoms with Crippen molar-refractivity contribution in [1.82, 2.24) is 14.5 Å². The number of nitrogens with zero attached hydrogens (tertiary/aromatic N) is 4. The Labute approximate surface area is 202 Å². The normalized spacial score (nSPS) is 18.0. The highest BCUT2D eigenvalue weighted by atomic mass is 19.4. The van der Waals surface area contributed by atoms with Gasteiger partial charge in [0, 0.05) is 42.6 Å². The van der Waals surface area contributed by atoms with Crippen LogP contribution in [-0.4, -0.2) is 45.3 Å². The zero-order valence-corrected chi connectivity index (χ0v) is 19.1. The number of rotatable bonds is 6. The van der Waals surface area contributed by atoms with E-state index >= 15 is 0 Å². The predicted molar refractivity (Wildman–Crippen MR) is 120 cm³/mol. The zero-order chi connectivity index (χ0) is 26.4. The van der Waals surface area contributed by atoms with E-state index in [1.54, 1.807) is 0 Å². The van der Waals surface area contributed by atoms with Crippen LogP contribution in [0.1, 0.15) is 35.0 Å². The monoisotopic (exact) mass is 505 g/mol. The van der Waals surface area contributed by atoms with E-state index in [4.69, 9.17) is 5.73 Å². The van der Waals surface area contributed by atoms with Gasteiger partial charge < -0.3 is 10.3 Å². The maximum absolute atomic E-state index is 14.8. The Morgan fingerprint density at radius 3 is 2.42 bits per heavy atom. The lowest BCUT2D eigenvalue weighted by Gasteiger charge is -2.25. The molecule has 0 bridgehead atoms. The van der Waals surface area contributed by atoms with Crippen molar-refractivity contribution in [2.75, 3.05) is 7.05 Å². The van der Waals surface area contributed by atoms with Crippen LogP contribution in [-0.2, 0) is 16.9 Å². The molecule has 3 heterocycles. The molecular formula is C24H20F5N5O2. The summed E-state index contributed by atoms with van der Waals surface area (Å²) in [6.07, 6.45) is -2.56. The molecule has 0 saturated carbocycles. The van der Waals surface area contributed by atoms with Gasteiger partial charge in [0.15, 0.2) is 17.3 Å². The molecule has 2 aromatic heterocycles. The van der Waals surface area contributed by atoms with Crippen molar-refractivity contribution >= 4 is 17.6 Å². The molecular weight excluding hydrogens is 485 g/mol. The number of benzene rings is 1. The molecule has 0 fully saturated rings. The van der Waals surface area contributed by atoms with Gasteiger partial charge in [0.05, 0.1) is 5.69 Å². The minimum Gasteiger partial charge on any atom is -0.369 e. The van der Waals surface area contributed by atoms with Gasteiger partial charge in [-0.25, -0.2) is 14.4 Å². The molecule has 36 heavy (non-hydrogen) atoms. The molecule has 4 rings (SSSR count). The van der Waals surface area contributed by atoms with Crippen LogP contribution in [0.15, 0.2) is 53.8 Å². The zero-order valence-electron chi connectivity index (χ0n) is 19.1. The minimum absolute atomic E-state index is 0.0131. The molecule has 2 N–H and O–H groups in total.